The first-order valence-corrected chi connectivity index (χ1v) is 8.81. The fourth-order valence-electron chi connectivity index (χ4n) is 2.79. The van der Waals surface area contributed by atoms with Gasteiger partial charge in [-0.3, -0.25) is 0 Å². The van der Waals surface area contributed by atoms with Crippen molar-refractivity contribution in [1.82, 2.24) is 5.32 Å². The van der Waals surface area contributed by atoms with Crippen molar-refractivity contribution >= 4 is 15.9 Å². The summed E-state index contributed by atoms with van der Waals surface area (Å²) in [6, 6.07) is 4.42. The second-order valence-corrected chi connectivity index (χ2v) is 8.26. The van der Waals surface area contributed by atoms with E-state index in [1.807, 2.05) is 0 Å². The van der Waals surface area contributed by atoms with Crippen molar-refractivity contribution in [1.29, 1.82) is 0 Å². The number of aryl methyl sites for hydroxylation is 1. The molecular formula is C18H28BrNO. The molecule has 0 saturated carbocycles. The van der Waals surface area contributed by atoms with Gasteiger partial charge in [0.1, 0.15) is 5.75 Å². The lowest BCUT2D eigenvalue weighted by atomic mass is 9.85. The van der Waals surface area contributed by atoms with Crippen LogP contribution < -0.4 is 10.1 Å². The van der Waals surface area contributed by atoms with Gasteiger partial charge in [0.25, 0.3) is 0 Å². The van der Waals surface area contributed by atoms with Gasteiger partial charge in [0.2, 0.25) is 0 Å². The topological polar surface area (TPSA) is 21.3 Å². The first kappa shape index (κ1) is 16.8. The second kappa shape index (κ2) is 7.15. The summed E-state index contributed by atoms with van der Waals surface area (Å²) in [5, 5.41) is 3.58. The lowest BCUT2D eigenvalue weighted by Gasteiger charge is -2.26. The van der Waals surface area contributed by atoms with Gasteiger partial charge >= 0.3 is 0 Å². The van der Waals surface area contributed by atoms with Crippen LogP contribution in [0.2, 0.25) is 0 Å². The van der Waals surface area contributed by atoms with Crippen LogP contribution in [0.5, 0.6) is 5.75 Å². The average Bonchev–Trinajstić information content (AvgIpc) is 2.83. The molecule has 0 unspecified atom stereocenters. The molecule has 0 aliphatic carbocycles. The third-order valence-corrected chi connectivity index (χ3v) is 4.51. The minimum absolute atomic E-state index is 0.308. The van der Waals surface area contributed by atoms with Crippen LogP contribution in [0, 0.1) is 11.3 Å². The number of rotatable bonds is 7. The molecule has 0 bridgehead atoms. The maximum Gasteiger partial charge on any atom is 0.125 e. The highest BCUT2D eigenvalue weighted by atomic mass is 79.9. The molecule has 0 saturated heterocycles. The molecule has 0 aromatic heterocycles. The van der Waals surface area contributed by atoms with Crippen LogP contribution in [-0.2, 0) is 12.8 Å². The van der Waals surface area contributed by atoms with Gasteiger partial charge in [-0.15, -0.1) is 0 Å². The van der Waals surface area contributed by atoms with E-state index in [2.05, 4.69) is 61.1 Å². The molecule has 2 rings (SSSR count). The Balaban J connectivity index is 1.93. The van der Waals surface area contributed by atoms with E-state index in [0.29, 0.717) is 11.3 Å². The average molecular weight is 354 g/mol. The molecule has 1 aliphatic rings. The van der Waals surface area contributed by atoms with Crippen LogP contribution >= 0.6 is 15.9 Å². The summed E-state index contributed by atoms with van der Waals surface area (Å²) in [5.41, 5.74) is 3.02. The van der Waals surface area contributed by atoms with E-state index in [4.69, 9.17) is 4.74 Å². The van der Waals surface area contributed by atoms with Crippen LogP contribution in [0.1, 0.15) is 45.2 Å². The van der Waals surface area contributed by atoms with Crippen molar-refractivity contribution in [2.75, 3.05) is 19.7 Å². The highest BCUT2D eigenvalue weighted by molar-refractivity contribution is 9.10. The maximum absolute atomic E-state index is 5.83. The predicted octanol–water partition coefficient (Wildman–Crippen LogP) is 4.59. The van der Waals surface area contributed by atoms with E-state index in [1.165, 1.54) is 22.0 Å². The zero-order chi connectivity index (χ0) is 15.5. The van der Waals surface area contributed by atoms with Crippen molar-refractivity contribution in [3.05, 3.63) is 27.7 Å². The zero-order valence-electron chi connectivity index (χ0n) is 13.8. The van der Waals surface area contributed by atoms with Crippen LogP contribution in [-0.4, -0.2) is 19.7 Å². The van der Waals surface area contributed by atoms with Crippen LogP contribution in [0.15, 0.2) is 16.6 Å². The van der Waals surface area contributed by atoms with Gasteiger partial charge in [0.15, 0.2) is 0 Å². The van der Waals surface area contributed by atoms with Gasteiger partial charge in [0, 0.05) is 17.4 Å². The molecule has 1 aromatic carbocycles. The van der Waals surface area contributed by atoms with Crippen LogP contribution in [0.25, 0.3) is 0 Å². The Hall–Kier alpha value is -0.540. The molecule has 1 aromatic rings. The van der Waals surface area contributed by atoms with E-state index in [0.717, 1.165) is 38.3 Å². The van der Waals surface area contributed by atoms with E-state index in [9.17, 15) is 0 Å². The standard InChI is InChI=1S/C18H28BrNO/c1-13(2)11-20-12-18(3,4)7-5-14-9-16(19)10-15-6-8-21-17(14)15/h9-10,13,20H,5-8,11-12H2,1-4H3. The van der Waals surface area contributed by atoms with E-state index in [-0.39, 0.29) is 0 Å². The lowest BCUT2D eigenvalue weighted by molar-refractivity contribution is 0.304. The highest BCUT2D eigenvalue weighted by Gasteiger charge is 2.21. The van der Waals surface area contributed by atoms with Crippen molar-refractivity contribution < 1.29 is 4.74 Å². The van der Waals surface area contributed by atoms with Gasteiger partial charge in [-0.25, -0.2) is 0 Å². The summed E-state index contributed by atoms with van der Waals surface area (Å²) >= 11 is 3.63. The predicted molar refractivity (Wildman–Crippen MR) is 93.2 cm³/mol. The van der Waals surface area contributed by atoms with Gasteiger partial charge in [-0.1, -0.05) is 43.6 Å². The number of ether oxygens (including phenoxy) is 1. The Morgan fingerprint density at radius 1 is 1.33 bits per heavy atom. The Bertz CT molecular complexity index is 482. The molecular weight excluding hydrogens is 326 g/mol. The van der Waals surface area contributed by atoms with E-state index < -0.39 is 0 Å². The Kier molecular flexibility index (Phi) is 5.73. The smallest absolute Gasteiger partial charge is 0.125 e. The molecule has 1 N–H and O–H groups in total. The SMILES string of the molecule is CC(C)CNCC(C)(C)CCc1cc(Br)cc2c1OCC2. The molecule has 118 valence electrons. The number of fused-ring (bicyclic) bond motifs is 1. The molecule has 2 nitrogen and oxygen atoms in total. The summed E-state index contributed by atoms with van der Waals surface area (Å²) < 4.78 is 7.00. The minimum Gasteiger partial charge on any atom is -0.493 e. The van der Waals surface area contributed by atoms with Crippen LogP contribution in [0.4, 0.5) is 0 Å². The van der Waals surface area contributed by atoms with Crippen molar-refractivity contribution in [3.63, 3.8) is 0 Å². The van der Waals surface area contributed by atoms with Crippen molar-refractivity contribution in [3.8, 4) is 5.75 Å². The summed E-state index contributed by atoms with van der Waals surface area (Å²) in [4.78, 5) is 0. The molecule has 0 fully saturated rings. The van der Waals surface area contributed by atoms with E-state index in [1.54, 1.807) is 0 Å². The van der Waals surface area contributed by atoms with Crippen LogP contribution in [0.3, 0.4) is 0 Å². The fraction of sp³-hybridized carbons (Fsp3) is 0.667. The molecule has 0 amide bonds. The molecule has 0 atom stereocenters. The molecule has 3 heteroatoms. The number of halogens is 1. The quantitative estimate of drug-likeness (QED) is 0.773. The number of hydrogen-bond donors (Lipinski definition) is 1. The zero-order valence-corrected chi connectivity index (χ0v) is 15.3. The molecule has 21 heavy (non-hydrogen) atoms. The number of hydrogen-bond acceptors (Lipinski definition) is 2. The normalized spacial score (nSPS) is 14.4. The molecule has 0 spiro atoms. The molecule has 0 radical (unpaired) electrons. The van der Waals surface area contributed by atoms with Crippen molar-refractivity contribution in [2.24, 2.45) is 11.3 Å². The number of benzene rings is 1. The molecule has 1 aliphatic heterocycles. The fourth-order valence-corrected chi connectivity index (χ4v) is 3.35. The summed E-state index contributed by atoms with van der Waals surface area (Å²) in [6.45, 7) is 12.2. The first-order valence-electron chi connectivity index (χ1n) is 8.02. The van der Waals surface area contributed by atoms with Gasteiger partial charge in [-0.2, -0.15) is 0 Å². The van der Waals surface area contributed by atoms with Gasteiger partial charge in [0.05, 0.1) is 6.61 Å². The third kappa shape index (κ3) is 5.00. The summed E-state index contributed by atoms with van der Waals surface area (Å²) in [7, 11) is 0. The highest BCUT2D eigenvalue weighted by Crippen LogP contribution is 2.35. The first-order chi connectivity index (χ1) is 9.87. The minimum atomic E-state index is 0.308. The second-order valence-electron chi connectivity index (χ2n) is 7.34. The van der Waals surface area contributed by atoms with Gasteiger partial charge < -0.3 is 10.1 Å². The Morgan fingerprint density at radius 3 is 2.81 bits per heavy atom. The number of nitrogens with one attached hydrogen (secondary N) is 1. The monoisotopic (exact) mass is 353 g/mol. The Morgan fingerprint density at radius 2 is 2.10 bits per heavy atom. The van der Waals surface area contributed by atoms with E-state index >= 15 is 0 Å². The van der Waals surface area contributed by atoms with Gasteiger partial charge in [-0.05, 0) is 54.0 Å². The third-order valence-electron chi connectivity index (χ3n) is 4.05. The molecule has 1 heterocycles. The largest absolute Gasteiger partial charge is 0.493 e. The summed E-state index contributed by atoms with van der Waals surface area (Å²) in [6.07, 6.45) is 3.30. The maximum atomic E-state index is 5.83. The Labute approximate surface area is 137 Å². The summed E-state index contributed by atoms with van der Waals surface area (Å²) in [5.74, 6) is 1.85. The van der Waals surface area contributed by atoms with Crippen molar-refractivity contribution in [2.45, 2.75) is 47.0 Å². The lowest BCUT2D eigenvalue weighted by Crippen LogP contribution is -2.32.